The van der Waals surface area contributed by atoms with Crippen molar-refractivity contribution in [2.75, 3.05) is 17.6 Å². The third-order valence-corrected chi connectivity index (χ3v) is 4.68. The molecule has 0 fully saturated rings. The molecule has 0 aliphatic rings. The summed E-state index contributed by atoms with van der Waals surface area (Å²) < 4.78 is 53.3. The van der Waals surface area contributed by atoms with Gasteiger partial charge in [0.05, 0.1) is 18.6 Å². The lowest BCUT2D eigenvalue weighted by Gasteiger charge is -2.12. The Morgan fingerprint density at radius 3 is 2.37 bits per heavy atom. The normalized spacial score (nSPS) is 12.2. The molecule has 1 rings (SSSR count). The number of nitrogens with two attached hydrogens (primary N) is 1. The molecule has 108 valence electrons. The van der Waals surface area contributed by atoms with Gasteiger partial charge in [-0.1, -0.05) is 6.92 Å². The molecule has 1 aromatic rings. The predicted octanol–water partition coefficient (Wildman–Crippen LogP) is 0.494. The molecule has 0 radical (unpaired) electrons. The van der Waals surface area contributed by atoms with Crippen LogP contribution in [0.2, 0.25) is 0 Å². The zero-order chi connectivity index (χ0) is 14.7. The van der Waals surface area contributed by atoms with Gasteiger partial charge in [-0.2, -0.15) is 0 Å². The molecule has 19 heavy (non-hydrogen) atoms. The van der Waals surface area contributed by atoms with Crippen LogP contribution in [0, 0.1) is 0 Å². The maximum atomic E-state index is 11.7. The molecule has 0 aliphatic heterocycles. The van der Waals surface area contributed by atoms with Crippen LogP contribution in [0.25, 0.3) is 0 Å². The molecular weight excluding hydrogens is 292 g/mol. The second kappa shape index (κ2) is 5.76. The largest absolute Gasteiger partial charge is 0.497 e. The Labute approximate surface area is 112 Å². The Morgan fingerprint density at radius 1 is 1.26 bits per heavy atom. The third kappa shape index (κ3) is 4.37. The molecule has 1 aromatic carbocycles. The van der Waals surface area contributed by atoms with Crippen LogP contribution in [0.3, 0.4) is 0 Å². The standard InChI is InChI=1S/C10H16N2O5S2/c1-3-6-18(13,14)12-9-7-8(17-2)4-5-10(9)19(11,15)16/h4-5,7,12H,3,6H2,1-2H3,(H2,11,15,16). The molecule has 0 spiro atoms. The zero-order valence-corrected chi connectivity index (χ0v) is 12.2. The fourth-order valence-electron chi connectivity index (χ4n) is 1.45. The van der Waals surface area contributed by atoms with Crippen LogP contribution in [0.5, 0.6) is 5.75 Å². The predicted molar refractivity (Wildman–Crippen MR) is 72.1 cm³/mol. The molecular formula is C10H16N2O5S2. The summed E-state index contributed by atoms with van der Waals surface area (Å²) in [5, 5.41) is 5.04. The minimum Gasteiger partial charge on any atom is -0.497 e. The van der Waals surface area contributed by atoms with Gasteiger partial charge in [0.2, 0.25) is 20.0 Å². The number of ether oxygens (including phenoxy) is 1. The lowest BCUT2D eigenvalue weighted by molar-refractivity contribution is 0.414. The van der Waals surface area contributed by atoms with E-state index >= 15 is 0 Å². The molecule has 0 heterocycles. The first-order valence-electron chi connectivity index (χ1n) is 5.41. The molecule has 0 atom stereocenters. The highest BCUT2D eigenvalue weighted by Gasteiger charge is 2.19. The highest BCUT2D eigenvalue weighted by atomic mass is 32.2. The monoisotopic (exact) mass is 308 g/mol. The van der Waals surface area contributed by atoms with E-state index in [4.69, 9.17) is 9.88 Å². The second-order valence-corrected chi connectivity index (χ2v) is 7.20. The molecule has 7 nitrogen and oxygen atoms in total. The minimum absolute atomic E-state index is 0.115. The van der Waals surface area contributed by atoms with Crippen LogP contribution in [-0.4, -0.2) is 29.7 Å². The van der Waals surface area contributed by atoms with Crippen molar-refractivity contribution in [1.29, 1.82) is 0 Å². The van der Waals surface area contributed by atoms with Gasteiger partial charge >= 0.3 is 0 Å². The van der Waals surface area contributed by atoms with Gasteiger partial charge in [0.25, 0.3) is 0 Å². The third-order valence-electron chi connectivity index (χ3n) is 2.23. The van der Waals surface area contributed by atoms with Gasteiger partial charge in [0, 0.05) is 6.07 Å². The SMILES string of the molecule is CCCS(=O)(=O)Nc1cc(OC)ccc1S(N)(=O)=O. The van der Waals surface area contributed by atoms with Crippen molar-refractivity contribution >= 4 is 25.7 Å². The van der Waals surface area contributed by atoms with Crippen LogP contribution in [0.15, 0.2) is 23.1 Å². The van der Waals surface area contributed by atoms with E-state index in [-0.39, 0.29) is 16.3 Å². The Morgan fingerprint density at radius 2 is 1.89 bits per heavy atom. The van der Waals surface area contributed by atoms with E-state index in [1.807, 2.05) is 0 Å². The molecule has 0 amide bonds. The van der Waals surface area contributed by atoms with E-state index in [1.165, 1.54) is 25.3 Å². The Balaban J connectivity index is 3.31. The van der Waals surface area contributed by atoms with Crippen molar-refractivity contribution in [3.63, 3.8) is 0 Å². The van der Waals surface area contributed by atoms with Gasteiger partial charge < -0.3 is 4.74 Å². The Bertz CT molecular complexity index is 652. The summed E-state index contributed by atoms with van der Waals surface area (Å²) >= 11 is 0. The van der Waals surface area contributed by atoms with Gasteiger partial charge in [-0.05, 0) is 18.6 Å². The average molecular weight is 308 g/mol. The average Bonchev–Trinajstić information content (AvgIpc) is 2.26. The highest BCUT2D eigenvalue weighted by Crippen LogP contribution is 2.26. The van der Waals surface area contributed by atoms with Crippen molar-refractivity contribution < 1.29 is 21.6 Å². The van der Waals surface area contributed by atoms with Crippen molar-refractivity contribution in [2.45, 2.75) is 18.2 Å². The first-order chi connectivity index (χ1) is 8.69. The van der Waals surface area contributed by atoms with E-state index in [1.54, 1.807) is 6.92 Å². The summed E-state index contributed by atoms with van der Waals surface area (Å²) in [6.45, 7) is 1.70. The van der Waals surface area contributed by atoms with Crippen molar-refractivity contribution in [2.24, 2.45) is 5.14 Å². The number of hydrogen-bond donors (Lipinski definition) is 2. The first kappa shape index (κ1) is 15.7. The van der Waals surface area contributed by atoms with E-state index in [9.17, 15) is 16.8 Å². The number of hydrogen-bond acceptors (Lipinski definition) is 5. The van der Waals surface area contributed by atoms with Gasteiger partial charge in [0.1, 0.15) is 10.6 Å². The summed E-state index contributed by atoms with van der Waals surface area (Å²) in [6, 6.07) is 3.85. The number of sulfonamides is 2. The topological polar surface area (TPSA) is 116 Å². The molecule has 3 N–H and O–H groups in total. The second-order valence-electron chi connectivity index (χ2n) is 3.83. The quantitative estimate of drug-likeness (QED) is 0.793. The molecule has 0 unspecified atom stereocenters. The lowest BCUT2D eigenvalue weighted by Crippen LogP contribution is -2.20. The highest BCUT2D eigenvalue weighted by molar-refractivity contribution is 7.93. The van der Waals surface area contributed by atoms with Crippen molar-refractivity contribution in [1.82, 2.24) is 0 Å². The van der Waals surface area contributed by atoms with Gasteiger partial charge in [-0.3, -0.25) is 4.72 Å². The van der Waals surface area contributed by atoms with E-state index in [0.29, 0.717) is 12.2 Å². The number of anilines is 1. The maximum Gasteiger partial charge on any atom is 0.240 e. The smallest absolute Gasteiger partial charge is 0.240 e. The Hall–Kier alpha value is -1.32. The molecule has 0 saturated heterocycles. The zero-order valence-electron chi connectivity index (χ0n) is 10.6. The fraction of sp³-hybridized carbons (Fsp3) is 0.400. The van der Waals surface area contributed by atoms with E-state index < -0.39 is 20.0 Å². The number of nitrogens with one attached hydrogen (secondary N) is 1. The first-order valence-corrected chi connectivity index (χ1v) is 8.61. The summed E-state index contributed by atoms with van der Waals surface area (Å²) in [5.41, 5.74) is -0.115. The van der Waals surface area contributed by atoms with Crippen LogP contribution in [0.1, 0.15) is 13.3 Å². The van der Waals surface area contributed by atoms with Crippen LogP contribution >= 0.6 is 0 Å². The van der Waals surface area contributed by atoms with E-state index in [2.05, 4.69) is 4.72 Å². The van der Waals surface area contributed by atoms with Crippen LogP contribution < -0.4 is 14.6 Å². The van der Waals surface area contributed by atoms with Gasteiger partial charge in [-0.25, -0.2) is 22.0 Å². The lowest BCUT2D eigenvalue weighted by atomic mass is 10.3. The molecule has 9 heteroatoms. The summed E-state index contributed by atoms with van der Waals surface area (Å²) in [7, 11) is -6.26. The van der Waals surface area contributed by atoms with E-state index in [0.717, 1.165) is 0 Å². The summed E-state index contributed by atoms with van der Waals surface area (Å²) in [4.78, 5) is -0.298. The fourth-order valence-corrected chi connectivity index (χ4v) is 3.33. The molecule has 0 bridgehead atoms. The number of benzene rings is 1. The van der Waals surface area contributed by atoms with Gasteiger partial charge in [0.15, 0.2) is 0 Å². The van der Waals surface area contributed by atoms with Crippen LogP contribution in [0.4, 0.5) is 5.69 Å². The van der Waals surface area contributed by atoms with Gasteiger partial charge in [-0.15, -0.1) is 0 Å². The molecule has 0 saturated carbocycles. The summed E-state index contributed by atoms with van der Waals surface area (Å²) in [6.07, 6.45) is 0.407. The number of methoxy groups -OCH3 is 1. The Kier molecular flexibility index (Phi) is 4.77. The molecule has 0 aromatic heterocycles. The van der Waals surface area contributed by atoms with Crippen molar-refractivity contribution in [3.05, 3.63) is 18.2 Å². The van der Waals surface area contributed by atoms with Crippen LogP contribution in [-0.2, 0) is 20.0 Å². The maximum absolute atomic E-state index is 11.7. The summed E-state index contributed by atoms with van der Waals surface area (Å²) in [5.74, 6) is 0.204. The molecule has 0 aliphatic carbocycles. The van der Waals surface area contributed by atoms with Crippen molar-refractivity contribution in [3.8, 4) is 5.75 Å². The minimum atomic E-state index is -4.03. The number of rotatable bonds is 6. The number of primary sulfonamides is 1.